The molecule has 9 heteroatoms. The van der Waals surface area contributed by atoms with Crippen LogP contribution in [-0.2, 0) is 10.0 Å². The highest BCUT2D eigenvalue weighted by atomic mass is 35.5. The zero-order valence-corrected chi connectivity index (χ0v) is 15.0. The van der Waals surface area contributed by atoms with E-state index in [1.165, 1.54) is 18.2 Å². The molecule has 6 nitrogen and oxygen atoms in total. The SMILES string of the molecule is O=S(=O)(Nc1ccc(Nc2ccc(Cl)cc2)nn1)c1cccc(Cl)c1. The van der Waals surface area contributed by atoms with Crippen LogP contribution >= 0.6 is 23.2 Å². The second-order valence-corrected chi connectivity index (χ2v) is 7.55. The van der Waals surface area contributed by atoms with E-state index in [0.717, 1.165) is 5.69 Å². The van der Waals surface area contributed by atoms with Crippen LogP contribution in [-0.4, -0.2) is 18.6 Å². The molecule has 0 bridgehead atoms. The van der Waals surface area contributed by atoms with Gasteiger partial charge in [-0.3, -0.25) is 4.72 Å². The summed E-state index contributed by atoms with van der Waals surface area (Å²) >= 11 is 11.7. The molecule has 3 rings (SSSR count). The normalized spacial score (nSPS) is 11.1. The third kappa shape index (κ3) is 4.60. The molecule has 0 spiro atoms. The van der Waals surface area contributed by atoms with Crippen molar-refractivity contribution < 1.29 is 8.42 Å². The van der Waals surface area contributed by atoms with Crippen molar-refractivity contribution in [1.29, 1.82) is 0 Å². The Morgan fingerprint density at radius 1 is 0.800 bits per heavy atom. The molecule has 0 fully saturated rings. The molecular formula is C16H12Cl2N4O2S. The molecular weight excluding hydrogens is 383 g/mol. The fourth-order valence-electron chi connectivity index (χ4n) is 1.97. The molecule has 2 aromatic carbocycles. The lowest BCUT2D eigenvalue weighted by molar-refractivity contribution is 0.601. The predicted octanol–water partition coefficient (Wildman–Crippen LogP) is 4.33. The van der Waals surface area contributed by atoms with Gasteiger partial charge in [-0.2, -0.15) is 0 Å². The molecule has 1 heterocycles. The molecule has 128 valence electrons. The average molecular weight is 395 g/mol. The monoisotopic (exact) mass is 394 g/mol. The Kier molecular flexibility index (Phi) is 5.08. The van der Waals surface area contributed by atoms with Crippen LogP contribution in [0, 0.1) is 0 Å². The first kappa shape index (κ1) is 17.5. The molecule has 0 aliphatic rings. The number of sulfonamides is 1. The molecule has 0 saturated heterocycles. The fourth-order valence-corrected chi connectivity index (χ4v) is 3.39. The maximum Gasteiger partial charge on any atom is 0.263 e. The highest BCUT2D eigenvalue weighted by Crippen LogP contribution is 2.20. The van der Waals surface area contributed by atoms with Crippen LogP contribution < -0.4 is 10.0 Å². The van der Waals surface area contributed by atoms with Crippen molar-refractivity contribution in [1.82, 2.24) is 10.2 Å². The molecule has 0 radical (unpaired) electrons. The molecule has 0 aliphatic heterocycles. The summed E-state index contributed by atoms with van der Waals surface area (Å²) in [6.45, 7) is 0. The fraction of sp³-hybridized carbons (Fsp3) is 0. The summed E-state index contributed by atoms with van der Waals surface area (Å²) in [6.07, 6.45) is 0. The third-order valence-corrected chi connectivity index (χ3v) is 4.97. The highest BCUT2D eigenvalue weighted by molar-refractivity contribution is 7.92. The topological polar surface area (TPSA) is 84.0 Å². The standard InChI is InChI=1S/C16H12Cl2N4O2S/c17-11-4-6-13(7-5-11)19-15-8-9-16(21-20-15)22-25(23,24)14-3-1-2-12(18)10-14/h1-10H,(H,19,20)(H,21,22). The number of anilines is 3. The smallest absolute Gasteiger partial charge is 0.263 e. The van der Waals surface area contributed by atoms with Crippen molar-refractivity contribution in [3.05, 3.63) is 70.7 Å². The molecule has 0 unspecified atom stereocenters. The minimum Gasteiger partial charge on any atom is -0.339 e. The molecule has 0 aliphatic carbocycles. The van der Waals surface area contributed by atoms with Crippen LogP contribution in [0.1, 0.15) is 0 Å². The van der Waals surface area contributed by atoms with Crippen molar-refractivity contribution in [3.63, 3.8) is 0 Å². The summed E-state index contributed by atoms with van der Waals surface area (Å²) in [5.41, 5.74) is 0.783. The van der Waals surface area contributed by atoms with E-state index < -0.39 is 10.0 Å². The van der Waals surface area contributed by atoms with Crippen molar-refractivity contribution in [2.24, 2.45) is 0 Å². The molecule has 0 saturated carbocycles. The summed E-state index contributed by atoms with van der Waals surface area (Å²) in [5, 5.41) is 11.8. The number of rotatable bonds is 5. The zero-order chi connectivity index (χ0) is 17.9. The lowest BCUT2D eigenvalue weighted by atomic mass is 10.3. The van der Waals surface area contributed by atoms with E-state index in [9.17, 15) is 8.42 Å². The predicted molar refractivity (Wildman–Crippen MR) is 99.0 cm³/mol. The Labute approximate surface area is 154 Å². The summed E-state index contributed by atoms with van der Waals surface area (Å²) in [4.78, 5) is 0.0464. The molecule has 1 aromatic heterocycles. The minimum absolute atomic E-state index is 0.0464. The van der Waals surface area contributed by atoms with E-state index >= 15 is 0 Å². The first-order valence-corrected chi connectivity index (χ1v) is 9.31. The van der Waals surface area contributed by atoms with Gasteiger partial charge in [-0.15, -0.1) is 10.2 Å². The Morgan fingerprint density at radius 3 is 2.12 bits per heavy atom. The number of hydrogen-bond acceptors (Lipinski definition) is 5. The Bertz CT molecular complexity index is 978. The van der Waals surface area contributed by atoms with E-state index in [-0.39, 0.29) is 10.7 Å². The Morgan fingerprint density at radius 2 is 1.48 bits per heavy atom. The van der Waals surface area contributed by atoms with Gasteiger partial charge in [0.1, 0.15) is 0 Å². The average Bonchev–Trinajstić information content (AvgIpc) is 2.58. The van der Waals surface area contributed by atoms with Gasteiger partial charge >= 0.3 is 0 Å². The van der Waals surface area contributed by atoms with Gasteiger partial charge in [0.2, 0.25) is 0 Å². The number of halogens is 2. The van der Waals surface area contributed by atoms with Crippen molar-refractivity contribution in [3.8, 4) is 0 Å². The maximum atomic E-state index is 12.3. The van der Waals surface area contributed by atoms with Gasteiger partial charge in [0, 0.05) is 15.7 Å². The molecule has 25 heavy (non-hydrogen) atoms. The number of nitrogens with one attached hydrogen (secondary N) is 2. The van der Waals surface area contributed by atoms with E-state index in [1.807, 2.05) is 0 Å². The van der Waals surface area contributed by atoms with E-state index in [2.05, 4.69) is 20.2 Å². The minimum atomic E-state index is -3.78. The van der Waals surface area contributed by atoms with Crippen LogP contribution in [0.25, 0.3) is 0 Å². The van der Waals surface area contributed by atoms with E-state index in [1.54, 1.807) is 42.5 Å². The summed E-state index contributed by atoms with van der Waals surface area (Å²) in [5.74, 6) is 0.564. The third-order valence-electron chi connectivity index (χ3n) is 3.13. The summed E-state index contributed by atoms with van der Waals surface area (Å²) < 4.78 is 26.9. The second-order valence-electron chi connectivity index (χ2n) is 5.00. The summed E-state index contributed by atoms with van der Waals surface area (Å²) in [6, 6.07) is 16.1. The van der Waals surface area contributed by atoms with Crippen molar-refractivity contribution >= 4 is 50.5 Å². The van der Waals surface area contributed by atoms with Crippen LogP contribution in [0.4, 0.5) is 17.3 Å². The Balaban J connectivity index is 1.73. The maximum absolute atomic E-state index is 12.3. The molecule has 0 amide bonds. The lowest BCUT2D eigenvalue weighted by Crippen LogP contribution is -2.14. The van der Waals surface area contributed by atoms with Crippen LogP contribution in [0.3, 0.4) is 0 Å². The number of aromatic nitrogens is 2. The number of hydrogen-bond donors (Lipinski definition) is 2. The van der Waals surface area contributed by atoms with Gasteiger partial charge in [-0.1, -0.05) is 29.3 Å². The zero-order valence-electron chi connectivity index (χ0n) is 12.6. The first-order chi connectivity index (χ1) is 11.9. The van der Waals surface area contributed by atoms with Crippen molar-refractivity contribution in [2.75, 3.05) is 10.0 Å². The van der Waals surface area contributed by atoms with Gasteiger partial charge in [0.15, 0.2) is 11.6 Å². The lowest BCUT2D eigenvalue weighted by Gasteiger charge is -2.08. The van der Waals surface area contributed by atoms with E-state index in [4.69, 9.17) is 23.2 Å². The quantitative estimate of drug-likeness (QED) is 0.672. The van der Waals surface area contributed by atoms with Crippen LogP contribution in [0.5, 0.6) is 0 Å². The number of benzene rings is 2. The van der Waals surface area contributed by atoms with Gasteiger partial charge in [0.05, 0.1) is 4.90 Å². The molecule has 2 N–H and O–H groups in total. The van der Waals surface area contributed by atoms with Crippen molar-refractivity contribution in [2.45, 2.75) is 4.90 Å². The molecule has 0 atom stereocenters. The van der Waals surface area contributed by atoms with Crippen LogP contribution in [0.15, 0.2) is 65.6 Å². The van der Waals surface area contributed by atoms with Gasteiger partial charge in [0.25, 0.3) is 10.0 Å². The van der Waals surface area contributed by atoms with Crippen LogP contribution in [0.2, 0.25) is 10.0 Å². The highest BCUT2D eigenvalue weighted by Gasteiger charge is 2.15. The second kappa shape index (κ2) is 7.26. The van der Waals surface area contributed by atoms with E-state index in [0.29, 0.717) is 15.9 Å². The number of nitrogens with zero attached hydrogens (tertiary/aromatic N) is 2. The molecule has 3 aromatic rings. The van der Waals surface area contributed by atoms with Gasteiger partial charge < -0.3 is 5.32 Å². The van der Waals surface area contributed by atoms with Gasteiger partial charge in [-0.05, 0) is 54.6 Å². The summed E-state index contributed by atoms with van der Waals surface area (Å²) in [7, 11) is -3.78. The first-order valence-electron chi connectivity index (χ1n) is 7.07. The Hall–Kier alpha value is -2.35. The largest absolute Gasteiger partial charge is 0.339 e. The van der Waals surface area contributed by atoms with Gasteiger partial charge in [-0.25, -0.2) is 8.42 Å².